The Labute approximate surface area is 105 Å². The summed E-state index contributed by atoms with van der Waals surface area (Å²) in [5.41, 5.74) is 2.73. The average molecular weight is 270 g/mol. The van der Waals surface area contributed by atoms with Crippen molar-refractivity contribution in [3.63, 3.8) is 0 Å². The second-order valence-electron chi connectivity index (χ2n) is 4.15. The van der Waals surface area contributed by atoms with Crippen molar-refractivity contribution in [2.45, 2.75) is 12.5 Å². The summed E-state index contributed by atoms with van der Waals surface area (Å²) in [5.74, 6) is 5.38. The lowest BCUT2D eigenvalue weighted by atomic mass is 10.2. The zero-order chi connectivity index (χ0) is 13.2. The zero-order valence-corrected chi connectivity index (χ0v) is 10.4. The summed E-state index contributed by atoms with van der Waals surface area (Å²) in [6.45, 7) is 0. The Morgan fingerprint density at radius 1 is 1.50 bits per heavy atom. The van der Waals surface area contributed by atoms with E-state index in [1.54, 1.807) is 6.07 Å². The van der Waals surface area contributed by atoms with E-state index in [1.807, 2.05) is 0 Å². The fourth-order valence-electron chi connectivity index (χ4n) is 1.83. The lowest BCUT2D eigenvalue weighted by molar-refractivity contribution is 0.0941. The van der Waals surface area contributed by atoms with Gasteiger partial charge in [-0.1, -0.05) is 0 Å². The Morgan fingerprint density at radius 3 is 2.89 bits per heavy atom. The van der Waals surface area contributed by atoms with E-state index in [0.717, 1.165) is 0 Å². The van der Waals surface area contributed by atoms with Crippen LogP contribution in [-0.2, 0) is 9.84 Å². The highest BCUT2D eigenvalue weighted by Crippen LogP contribution is 2.12. The summed E-state index contributed by atoms with van der Waals surface area (Å²) >= 11 is 0. The minimum atomic E-state index is -3.00. The monoisotopic (exact) mass is 270 g/mol. The third kappa shape index (κ3) is 2.96. The highest BCUT2D eigenvalue weighted by molar-refractivity contribution is 7.91. The molecule has 7 nitrogen and oxygen atoms in total. The first-order valence-corrected chi connectivity index (χ1v) is 7.26. The van der Waals surface area contributed by atoms with E-state index >= 15 is 0 Å². The molecular weight excluding hydrogens is 256 g/mol. The van der Waals surface area contributed by atoms with Crippen molar-refractivity contribution in [2.75, 3.05) is 16.9 Å². The van der Waals surface area contributed by atoms with Crippen LogP contribution in [0.4, 0.5) is 5.82 Å². The molecule has 1 aromatic rings. The highest BCUT2D eigenvalue weighted by atomic mass is 32.2. The standard InChI is InChI=1S/C10H14N4O3S/c11-14-9-5-7(1-3-12-9)10(15)13-8-2-4-18(16,17)6-8/h1,3,5,8H,2,4,6,11H2,(H,12,14)(H,13,15). The number of sulfone groups is 1. The third-order valence-electron chi connectivity index (χ3n) is 2.74. The predicted molar refractivity (Wildman–Crippen MR) is 66.6 cm³/mol. The molecule has 98 valence electrons. The first-order valence-electron chi connectivity index (χ1n) is 5.44. The maximum atomic E-state index is 11.9. The van der Waals surface area contributed by atoms with E-state index < -0.39 is 9.84 Å². The molecule has 0 aliphatic carbocycles. The van der Waals surface area contributed by atoms with Crippen LogP contribution in [-0.4, -0.2) is 36.9 Å². The number of anilines is 1. The van der Waals surface area contributed by atoms with Crippen molar-refractivity contribution < 1.29 is 13.2 Å². The third-order valence-corrected chi connectivity index (χ3v) is 4.51. The topological polar surface area (TPSA) is 114 Å². The molecule has 2 rings (SSSR count). The van der Waals surface area contributed by atoms with Crippen LogP contribution in [0.2, 0.25) is 0 Å². The minimum absolute atomic E-state index is 0.00577. The van der Waals surface area contributed by atoms with Crippen LogP contribution < -0.4 is 16.6 Å². The summed E-state index contributed by atoms with van der Waals surface area (Å²) in [6, 6.07) is 2.73. The van der Waals surface area contributed by atoms with Crippen LogP contribution in [0, 0.1) is 0 Å². The van der Waals surface area contributed by atoms with Crippen molar-refractivity contribution in [3.05, 3.63) is 23.9 Å². The number of nitrogens with zero attached hydrogens (tertiary/aromatic N) is 1. The molecule has 0 radical (unpaired) electrons. The van der Waals surface area contributed by atoms with Gasteiger partial charge in [-0.05, 0) is 18.6 Å². The minimum Gasteiger partial charge on any atom is -0.348 e. The lowest BCUT2D eigenvalue weighted by Crippen LogP contribution is -2.35. The number of carbonyl (C=O) groups is 1. The first-order chi connectivity index (χ1) is 8.50. The molecule has 1 unspecified atom stereocenters. The molecule has 0 saturated carbocycles. The van der Waals surface area contributed by atoms with Gasteiger partial charge < -0.3 is 10.7 Å². The van der Waals surface area contributed by atoms with E-state index in [2.05, 4.69) is 15.7 Å². The van der Waals surface area contributed by atoms with Crippen molar-refractivity contribution in [1.29, 1.82) is 0 Å². The van der Waals surface area contributed by atoms with Crippen LogP contribution in [0.1, 0.15) is 16.8 Å². The van der Waals surface area contributed by atoms with Gasteiger partial charge >= 0.3 is 0 Å². The number of aromatic nitrogens is 1. The molecule has 1 aliphatic rings. The lowest BCUT2D eigenvalue weighted by Gasteiger charge is -2.11. The van der Waals surface area contributed by atoms with Gasteiger partial charge in [-0.15, -0.1) is 0 Å². The number of hydrogen-bond donors (Lipinski definition) is 3. The van der Waals surface area contributed by atoms with Crippen molar-refractivity contribution >= 4 is 21.6 Å². The van der Waals surface area contributed by atoms with Gasteiger partial charge in [-0.3, -0.25) is 4.79 Å². The number of carbonyl (C=O) groups excluding carboxylic acids is 1. The normalized spacial score (nSPS) is 21.5. The molecule has 1 fully saturated rings. The average Bonchev–Trinajstić information content (AvgIpc) is 2.68. The number of rotatable bonds is 3. The fraction of sp³-hybridized carbons (Fsp3) is 0.400. The van der Waals surface area contributed by atoms with E-state index in [1.165, 1.54) is 12.3 Å². The Hall–Kier alpha value is -1.67. The van der Waals surface area contributed by atoms with Gasteiger partial charge in [0.15, 0.2) is 9.84 Å². The van der Waals surface area contributed by atoms with Gasteiger partial charge in [0.2, 0.25) is 0 Å². The van der Waals surface area contributed by atoms with Crippen molar-refractivity contribution in [2.24, 2.45) is 5.84 Å². The largest absolute Gasteiger partial charge is 0.348 e. The molecule has 0 aromatic carbocycles. The molecule has 1 amide bonds. The smallest absolute Gasteiger partial charge is 0.251 e. The molecule has 1 aromatic heterocycles. The van der Waals surface area contributed by atoms with Crippen LogP contribution >= 0.6 is 0 Å². The number of hydrazine groups is 1. The molecule has 4 N–H and O–H groups in total. The van der Waals surface area contributed by atoms with E-state index in [4.69, 9.17) is 5.84 Å². The number of nitrogen functional groups attached to an aromatic ring is 1. The SMILES string of the molecule is NNc1cc(C(=O)NC2CCS(=O)(=O)C2)ccn1. The number of hydrogen-bond acceptors (Lipinski definition) is 6. The first kappa shape index (κ1) is 12.8. The van der Waals surface area contributed by atoms with Crippen LogP contribution in [0.5, 0.6) is 0 Å². The van der Waals surface area contributed by atoms with E-state index in [9.17, 15) is 13.2 Å². The molecule has 1 aliphatic heterocycles. The summed E-state index contributed by atoms with van der Waals surface area (Å²) in [4.78, 5) is 15.8. The Balaban J connectivity index is 2.04. The molecule has 0 bridgehead atoms. The predicted octanol–water partition coefficient (Wildman–Crippen LogP) is -0.716. The molecule has 18 heavy (non-hydrogen) atoms. The second-order valence-corrected chi connectivity index (χ2v) is 6.38. The highest BCUT2D eigenvalue weighted by Gasteiger charge is 2.29. The number of pyridine rings is 1. The summed E-state index contributed by atoms with van der Waals surface area (Å²) in [5, 5.41) is 2.69. The Morgan fingerprint density at radius 2 is 2.28 bits per heavy atom. The van der Waals surface area contributed by atoms with Crippen LogP contribution in [0.3, 0.4) is 0 Å². The molecule has 2 heterocycles. The maximum Gasteiger partial charge on any atom is 0.251 e. The summed E-state index contributed by atoms with van der Waals surface area (Å²) in [7, 11) is -3.00. The van der Waals surface area contributed by atoms with Crippen LogP contribution in [0.15, 0.2) is 18.3 Å². The maximum absolute atomic E-state index is 11.9. The van der Waals surface area contributed by atoms with Gasteiger partial charge in [-0.25, -0.2) is 19.2 Å². The number of amides is 1. The fourth-order valence-corrected chi connectivity index (χ4v) is 3.50. The van der Waals surface area contributed by atoms with Gasteiger partial charge in [0.25, 0.3) is 5.91 Å². The van der Waals surface area contributed by atoms with Crippen molar-refractivity contribution in [3.8, 4) is 0 Å². The Kier molecular flexibility index (Phi) is 3.48. The molecule has 0 spiro atoms. The quantitative estimate of drug-likeness (QED) is 0.493. The van der Waals surface area contributed by atoms with Crippen molar-refractivity contribution in [1.82, 2.24) is 10.3 Å². The molecular formula is C10H14N4O3S. The zero-order valence-electron chi connectivity index (χ0n) is 9.59. The van der Waals surface area contributed by atoms with Gasteiger partial charge in [0, 0.05) is 17.8 Å². The van der Waals surface area contributed by atoms with Gasteiger partial charge in [0.1, 0.15) is 5.82 Å². The summed E-state index contributed by atoms with van der Waals surface area (Å²) in [6.07, 6.45) is 1.91. The van der Waals surface area contributed by atoms with Gasteiger partial charge in [-0.2, -0.15) is 0 Å². The molecule has 8 heteroatoms. The molecule has 1 atom stereocenters. The molecule has 1 saturated heterocycles. The summed E-state index contributed by atoms with van der Waals surface area (Å²) < 4.78 is 22.5. The van der Waals surface area contributed by atoms with Crippen LogP contribution in [0.25, 0.3) is 0 Å². The number of nitrogens with two attached hydrogens (primary N) is 1. The second kappa shape index (κ2) is 4.91. The van der Waals surface area contributed by atoms with E-state index in [0.29, 0.717) is 17.8 Å². The van der Waals surface area contributed by atoms with Gasteiger partial charge in [0.05, 0.1) is 11.5 Å². The number of nitrogens with one attached hydrogen (secondary N) is 2. The van der Waals surface area contributed by atoms with E-state index in [-0.39, 0.29) is 23.5 Å². The Bertz CT molecular complexity index is 558.